The number of carbonyl (C=O) groups excluding carboxylic acids is 1. The van der Waals surface area contributed by atoms with Crippen LogP contribution in [0.25, 0.3) is 0 Å². The largest absolute Gasteiger partial charge is 0.332 e. The highest BCUT2D eigenvalue weighted by Gasteiger charge is 2.17. The van der Waals surface area contributed by atoms with Crippen molar-refractivity contribution in [1.29, 1.82) is 0 Å². The van der Waals surface area contributed by atoms with Gasteiger partial charge in [0.05, 0.1) is 10.0 Å². The Bertz CT molecular complexity index is 496. The van der Waals surface area contributed by atoms with Crippen LogP contribution >= 0.6 is 45.0 Å². The fourth-order valence-corrected chi connectivity index (χ4v) is 4.82. The zero-order valence-electron chi connectivity index (χ0n) is 11.8. The second-order valence-corrected chi connectivity index (χ2v) is 8.38. The minimum Gasteiger partial charge on any atom is -0.307 e. The van der Waals surface area contributed by atoms with Crippen molar-refractivity contribution < 1.29 is 4.79 Å². The third-order valence-corrected chi connectivity index (χ3v) is 7.00. The van der Waals surface area contributed by atoms with Gasteiger partial charge in [-0.25, -0.2) is 4.79 Å². The first kappa shape index (κ1) is 17.1. The zero-order chi connectivity index (χ0) is 15.2. The SMILES string of the molecule is CN(SSC1CCCCC1)C(=O)Nc1ccc(Cl)c(Cl)c1. The van der Waals surface area contributed by atoms with Crippen LogP contribution in [0.3, 0.4) is 0 Å². The van der Waals surface area contributed by atoms with Crippen LogP contribution in [0.1, 0.15) is 32.1 Å². The second kappa shape index (κ2) is 8.42. The summed E-state index contributed by atoms with van der Waals surface area (Å²) in [5.74, 6) is 0. The molecule has 1 aliphatic carbocycles. The van der Waals surface area contributed by atoms with Crippen molar-refractivity contribution in [3.8, 4) is 0 Å². The topological polar surface area (TPSA) is 32.3 Å². The second-order valence-electron chi connectivity index (χ2n) is 4.99. The minimum absolute atomic E-state index is 0.165. The fraction of sp³-hybridized carbons (Fsp3) is 0.500. The summed E-state index contributed by atoms with van der Waals surface area (Å²) in [5, 5.41) is 4.37. The molecule has 0 saturated heterocycles. The summed E-state index contributed by atoms with van der Waals surface area (Å²) in [6.07, 6.45) is 6.45. The molecule has 1 aromatic rings. The first-order valence-electron chi connectivity index (χ1n) is 6.89. The molecule has 0 bridgehead atoms. The highest BCUT2D eigenvalue weighted by atomic mass is 35.5. The van der Waals surface area contributed by atoms with Gasteiger partial charge in [-0.15, -0.1) is 0 Å². The van der Waals surface area contributed by atoms with Gasteiger partial charge < -0.3 is 5.32 Å². The van der Waals surface area contributed by atoms with E-state index >= 15 is 0 Å². The number of hydrogen-bond donors (Lipinski definition) is 1. The maximum atomic E-state index is 12.1. The van der Waals surface area contributed by atoms with Crippen molar-refractivity contribution in [2.75, 3.05) is 12.4 Å². The third-order valence-electron chi connectivity index (χ3n) is 3.30. The lowest BCUT2D eigenvalue weighted by atomic mass is 10.0. The maximum absolute atomic E-state index is 12.1. The molecule has 0 radical (unpaired) electrons. The Kier molecular flexibility index (Phi) is 6.86. The standard InChI is InChI=1S/C14H18Cl2N2OS2/c1-18(21-20-11-5-3-2-4-6-11)14(19)17-10-7-8-12(15)13(16)9-10/h7-9,11H,2-6H2,1H3,(H,17,19). The van der Waals surface area contributed by atoms with Gasteiger partial charge in [-0.05, 0) is 31.0 Å². The van der Waals surface area contributed by atoms with E-state index in [1.54, 1.807) is 40.3 Å². The van der Waals surface area contributed by atoms with Crippen molar-refractivity contribution in [2.45, 2.75) is 37.4 Å². The van der Waals surface area contributed by atoms with Crippen LogP contribution in [0.15, 0.2) is 18.2 Å². The predicted molar refractivity (Wildman–Crippen MR) is 95.3 cm³/mol. The molecule has 1 saturated carbocycles. The zero-order valence-corrected chi connectivity index (χ0v) is 14.9. The molecular formula is C14H18Cl2N2OS2. The van der Waals surface area contributed by atoms with E-state index in [2.05, 4.69) is 5.32 Å². The normalized spacial score (nSPS) is 15.8. The average Bonchev–Trinajstić information content (AvgIpc) is 2.49. The quantitative estimate of drug-likeness (QED) is 0.518. The summed E-state index contributed by atoms with van der Waals surface area (Å²) in [6.45, 7) is 0. The molecule has 0 aromatic heterocycles. The molecule has 2 rings (SSSR count). The lowest BCUT2D eigenvalue weighted by Crippen LogP contribution is -2.25. The van der Waals surface area contributed by atoms with E-state index in [1.807, 2.05) is 0 Å². The average molecular weight is 365 g/mol. The number of hydrogen-bond acceptors (Lipinski definition) is 3. The fourth-order valence-electron chi connectivity index (χ4n) is 2.10. The van der Waals surface area contributed by atoms with E-state index in [1.165, 1.54) is 43.1 Å². The molecule has 0 unspecified atom stereocenters. The van der Waals surface area contributed by atoms with Crippen LogP contribution in [0.5, 0.6) is 0 Å². The van der Waals surface area contributed by atoms with E-state index in [-0.39, 0.29) is 6.03 Å². The van der Waals surface area contributed by atoms with E-state index in [0.29, 0.717) is 21.0 Å². The maximum Gasteiger partial charge on any atom is 0.332 e. The number of carbonyl (C=O) groups is 1. The summed E-state index contributed by atoms with van der Waals surface area (Å²) < 4.78 is 1.61. The number of urea groups is 1. The van der Waals surface area contributed by atoms with Gasteiger partial charge in [0.1, 0.15) is 0 Å². The van der Waals surface area contributed by atoms with Gasteiger partial charge in [0.2, 0.25) is 0 Å². The van der Waals surface area contributed by atoms with Crippen molar-refractivity contribution in [3.63, 3.8) is 0 Å². The molecular weight excluding hydrogens is 347 g/mol. The number of benzene rings is 1. The van der Waals surface area contributed by atoms with E-state index in [9.17, 15) is 4.79 Å². The predicted octanol–water partition coefficient (Wildman–Crippen LogP) is 6.09. The Labute approximate surface area is 143 Å². The molecule has 21 heavy (non-hydrogen) atoms. The molecule has 1 aromatic carbocycles. The van der Waals surface area contributed by atoms with E-state index < -0.39 is 0 Å². The Morgan fingerprint density at radius 2 is 1.95 bits per heavy atom. The summed E-state index contributed by atoms with van der Waals surface area (Å²) in [7, 11) is 5.05. The molecule has 1 N–H and O–H groups in total. The molecule has 2 amide bonds. The van der Waals surface area contributed by atoms with Gasteiger partial charge in [-0.1, -0.05) is 53.3 Å². The summed E-state index contributed by atoms with van der Waals surface area (Å²) in [6, 6.07) is 4.89. The van der Waals surface area contributed by atoms with Crippen LogP contribution in [-0.2, 0) is 0 Å². The molecule has 3 nitrogen and oxygen atoms in total. The minimum atomic E-state index is -0.165. The molecule has 0 spiro atoms. The number of rotatable bonds is 4. The van der Waals surface area contributed by atoms with Crippen LogP contribution < -0.4 is 5.32 Å². The van der Waals surface area contributed by atoms with Crippen molar-refractivity contribution >= 4 is 56.7 Å². The van der Waals surface area contributed by atoms with Crippen molar-refractivity contribution in [1.82, 2.24) is 4.31 Å². The summed E-state index contributed by atoms with van der Waals surface area (Å²) in [4.78, 5) is 12.1. The molecule has 7 heteroatoms. The van der Waals surface area contributed by atoms with Gasteiger partial charge in [-0.3, -0.25) is 4.31 Å². The monoisotopic (exact) mass is 364 g/mol. The highest BCUT2D eigenvalue weighted by Crippen LogP contribution is 2.37. The van der Waals surface area contributed by atoms with Crippen LogP contribution in [-0.4, -0.2) is 22.6 Å². The van der Waals surface area contributed by atoms with Crippen molar-refractivity contribution in [3.05, 3.63) is 28.2 Å². The lowest BCUT2D eigenvalue weighted by Gasteiger charge is -2.23. The number of anilines is 1. The van der Waals surface area contributed by atoms with Gasteiger partial charge in [0, 0.05) is 29.0 Å². The summed E-state index contributed by atoms with van der Waals surface area (Å²) >= 11 is 11.8. The molecule has 1 aliphatic rings. The lowest BCUT2D eigenvalue weighted by molar-refractivity contribution is 0.243. The first-order valence-corrected chi connectivity index (χ1v) is 9.82. The van der Waals surface area contributed by atoms with Crippen molar-refractivity contribution in [2.24, 2.45) is 0 Å². The Morgan fingerprint density at radius 3 is 2.62 bits per heavy atom. The Balaban J connectivity index is 1.80. The number of nitrogens with zero attached hydrogens (tertiary/aromatic N) is 1. The third kappa shape index (κ3) is 5.47. The smallest absolute Gasteiger partial charge is 0.307 e. The molecule has 1 fully saturated rings. The number of nitrogens with one attached hydrogen (secondary N) is 1. The van der Waals surface area contributed by atoms with E-state index in [0.717, 1.165) is 0 Å². The highest BCUT2D eigenvalue weighted by molar-refractivity contribution is 8.76. The van der Waals surface area contributed by atoms with Crippen LogP contribution in [0, 0.1) is 0 Å². The Morgan fingerprint density at radius 1 is 1.24 bits per heavy atom. The van der Waals surface area contributed by atoms with Crippen LogP contribution in [0.2, 0.25) is 10.0 Å². The molecule has 0 atom stereocenters. The molecule has 116 valence electrons. The first-order chi connectivity index (χ1) is 10.1. The number of halogens is 2. The van der Waals surface area contributed by atoms with Gasteiger partial charge >= 0.3 is 6.03 Å². The van der Waals surface area contributed by atoms with Gasteiger partial charge in [0.15, 0.2) is 0 Å². The molecule has 0 aliphatic heterocycles. The van der Waals surface area contributed by atoms with E-state index in [4.69, 9.17) is 23.2 Å². The van der Waals surface area contributed by atoms with Crippen LogP contribution in [0.4, 0.5) is 10.5 Å². The molecule has 0 heterocycles. The van der Waals surface area contributed by atoms with Gasteiger partial charge in [-0.2, -0.15) is 0 Å². The summed E-state index contributed by atoms with van der Waals surface area (Å²) in [5.41, 5.74) is 0.643. The van der Waals surface area contributed by atoms with Gasteiger partial charge in [0.25, 0.3) is 0 Å². The Hall–Kier alpha value is -0.230. The number of amides is 2.